The molecule has 34 heavy (non-hydrogen) atoms. The zero-order valence-corrected chi connectivity index (χ0v) is 19.8. The van der Waals surface area contributed by atoms with E-state index in [-0.39, 0.29) is 34.1 Å². The van der Waals surface area contributed by atoms with Gasteiger partial charge in [0.05, 0.1) is 29.8 Å². The lowest BCUT2D eigenvalue weighted by atomic mass is 10.1. The molecule has 0 aliphatic rings. The van der Waals surface area contributed by atoms with Gasteiger partial charge in [-0.05, 0) is 43.2 Å². The van der Waals surface area contributed by atoms with E-state index in [1.54, 1.807) is 43.3 Å². The van der Waals surface area contributed by atoms with Crippen molar-refractivity contribution in [3.05, 3.63) is 93.5 Å². The van der Waals surface area contributed by atoms with Crippen molar-refractivity contribution in [3.8, 4) is 5.75 Å². The van der Waals surface area contributed by atoms with Gasteiger partial charge in [0.2, 0.25) is 15.9 Å². The van der Waals surface area contributed by atoms with Gasteiger partial charge in [0.15, 0.2) is 0 Å². The Morgan fingerprint density at radius 2 is 1.76 bits per heavy atom. The predicted molar refractivity (Wildman–Crippen MR) is 128 cm³/mol. The van der Waals surface area contributed by atoms with Crippen LogP contribution in [0.4, 0.5) is 11.4 Å². The summed E-state index contributed by atoms with van der Waals surface area (Å²) in [5.41, 5.74) is 1.78. The van der Waals surface area contributed by atoms with Crippen LogP contribution in [0.25, 0.3) is 0 Å². The van der Waals surface area contributed by atoms with Crippen LogP contribution in [0.1, 0.15) is 16.7 Å². The van der Waals surface area contributed by atoms with Crippen molar-refractivity contribution in [2.45, 2.75) is 25.3 Å². The first-order valence-electron chi connectivity index (χ1n) is 10.4. The second-order valence-electron chi connectivity index (χ2n) is 7.67. The molecule has 0 radical (unpaired) electrons. The normalized spacial score (nSPS) is 11.3. The number of methoxy groups -OCH3 is 1. The van der Waals surface area contributed by atoms with E-state index in [4.69, 9.17) is 4.74 Å². The lowest BCUT2D eigenvalue weighted by molar-refractivity contribution is -0.385. The Labute approximate surface area is 198 Å². The number of anilines is 1. The van der Waals surface area contributed by atoms with E-state index in [0.717, 1.165) is 9.87 Å². The minimum atomic E-state index is -4.14. The molecule has 0 aliphatic heterocycles. The highest BCUT2D eigenvalue weighted by Crippen LogP contribution is 2.29. The van der Waals surface area contributed by atoms with Crippen LogP contribution >= 0.6 is 0 Å². The van der Waals surface area contributed by atoms with E-state index in [0.29, 0.717) is 5.56 Å². The van der Waals surface area contributed by atoms with Crippen molar-refractivity contribution in [2.24, 2.45) is 0 Å². The summed E-state index contributed by atoms with van der Waals surface area (Å²) in [6, 6.07) is 18.0. The molecule has 0 aliphatic carbocycles. The van der Waals surface area contributed by atoms with Crippen LogP contribution in [0, 0.1) is 24.0 Å². The molecule has 0 spiro atoms. The van der Waals surface area contributed by atoms with E-state index in [1.165, 1.54) is 38.3 Å². The first-order chi connectivity index (χ1) is 16.1. The van der Waals surface area contributed by atoms with Crippen molar-refractivity contribution in [2.75, 3.05) is 19.0 Å². The number of carbonyl (C=O) groups excluding carboxylic acids is 1. The van der Waals surface area contributed by atoms with Crippen LogP contribution in [0.2, 0.25) is 0 Å². The number of amides is 1. The largest absolute Gasteiger partial charge is 0.495 e. The molecule has 0 fully saturated rings. The fourth-order valence-corrected chi connectivity index (χ4v) is 5.07. The fourth-order valence-electron chi connectivity index (χ4n) is 3.44. The van der Waals surface area contributed by atoms with Gasteiger partial charge in [0, 0.05) is 12.6 Å². The Morgan fingerprint density at radius 3 is 2.41 bits per heavy atom. The second kappa shape index (κ2) is 10.4. The number of rotatable bonds is 9. The fraction of sp³-hybridized carbons (Fsp3) is 0.208. The summed E-state index contributed by atoms with van der Waals surface area (Å²) < 4.78 is 33.6. The summed E-state index contributed by atoms with van der Waals surface area (Å²) in [6.07, 6.45) is 0. The van der Waals surface area contributed by atoms with Crippen LogP contribution in [0.15, 0.2) is 71.6 Å². The third kappa shape index (κ3) is 5.59. The third-order valence-corrected chi connectivity index (χ3v) is 7.05. The second-order valence-corrected chi connectivity index (χ2v) is 9.57. The van der Waals surface area contributed by atoms with Crippen molar-refractivity contribution in [1.82, 2.24) is 4.31 Å². The first-order valence-corrected chi connectivity index (χ1v) is 11.8. The molecular weight excluding hydrogens is 458 g/mol. The van der Waals surface area contributed by atoms with Crippen LogP contribution < -0.4 is 10.1 Å². The SMILES string of the molecule is COc1ccc(C)cc1S(=O)(=O)N(CC(=O)Nc1cccc([N+](=O)[O-])c1C)Cc1ccccc1. The summed E-state index contributed by atoms with van der Waals surface area (Å²) >= 11 is 0. The monoisotopic (exact) mass is 483 g/mol. The number of ether oxygens (including phenoxy) is 1. The maximum absolute atomic E-state index is 13.6. The molecule has 0 bridgehead atoms. The lowest BCUT2D eigenvalue weighted by Gasteiger charge is -2.23. The number of sulfonamides is 1. The van der Waals surface area contributed by atoms with Crippen LogP contribution in [0.3, 0.4) is 0 Å². The van der Waals surface area contributed by atoms with Gasteiger partial charge in [0.1, 0.15) is 10.6 Å². The summed E-state index contributed by atoms with van der Waals surface area (Å²) in [4.78, 5) is 23.5. The molecule has 0 saturated carbocycles. The van der Waals surface area contributed by atoms with E-state index >= 15 is 0 Å². The number of nitro groups is 1. The average Bonchev–Trinajstić information content (AvgIpc) is 2.80. The number of hydrogen-bond donors (Lipinski definition) is 1. The Morgan fingerprint density at radius 1 is 1.06 bits per heavy atom. The van der Waals surface area contributed by atoms with Crippen molar-refractivity contribution in [1.29, 1.82) is 0 Å². The van der Waals surface area contributed by atoms with Gasteiger partial charge < -0.3 is 10.1 Å². The highest BCUT2D eigenvalue weighted by Gasteiger charge is 2.30. The number of hydrogen-bond acceptors (Lipinski definition) is 6. The van der Waals surface area contributed by atoms with Gasteiger partial charge in [-0.3, -0.25) is 14.9 Å². The Balaban J connectivity index is 1.96. The van der Waals surface area contributed by atoms with Crippen LogP contribution in [0.5, 0.6) is 5.75 Å². The average molecular weight is 484 g/mol. The topological polar surface area (TPSA) is 119 Å². The Bertz CT molecular complexity index is 1310. The van der Waals surface area contributed by atoms with E-state index in [1.807, 2.05) is 6.07 Å². The summed E-state index contributed by atoms with van der Waals surface area (Å²) in [7, 11) is -2.77. The molecule has 3 aromatic carbocycles. The number of carbonyl (C=O) groups is 1. The summed E-state index contributed by atoms with van der Waals surface area (Å²) in [5, 5.41) is 13.8. The molecule has 0 saturated heterocycles. The predicted octanol–water partition coefficient (Wildman–Crippen LogP) is 4.05. The van der Waals surface area contributed by atoms with Gasteiger partial charge in [-0.2, -0.15) is 4.31 Å². The molecule has 1 N–H and O–H groups in total. The first kappa shape index (κ1) is 24.9. The Hall–Kier alpha value is -3.76. The van der Waals surface area contributed by atoms with Crippen LogP contribution in [-0.4, -0.2) is 37.2 Å². The number of nitrogens with one attached hydrogen (secondary N) is 1. The zero-order valence-electron chi connectivity index (χ0n) is 19.0. The van der Waals surface area contributed by atoms with E-state index in [9.17, 15) is 23.3 Å². The van der Waals surface area contributed by atoms with Gasteiger partial charge >= 0.3 is 0 Å². The molecular formula is C24H25N3O6S. The molecule has 0 aromatic heterocycles. The third-order valence-electron chi connectivity index (χ3n) is 5.23. The number of nitro benzene ring substituents is 1. The van der Waals surface area contributed by atoms with E-state index < -0.39 is 27.4 Å². The highest BCUT2D eigenvalue weighted by molar-refractivity contribution is 7.89. The van der Waals surface area contributed by atoms with Gasteiger partial charge in [0.25, 0.3) is 5.69 Å². The molecule has 3 rings (SSSR count). The lowest BCUT2D eigenvalue weighted by Crippen LogP contribution is -2.37. The van der Waals surface area contributed by atoms with Crippen molar-refractivity contribution < 1.29 is 22.9 Å². The van der Waals surface area contributed by atoms with E-state index in [2.05, 4.69) is 5.32 Å². The standard InChI is InChI=1S/C24H25N3O6S/c1-17-12-13-22(33-3)23(14-17)34(31,32)26(15-19-8-5-4-6-9-19)16-24(28)25-20-10-7-11-21(18(20)2)27(29)30/h4-14H,15-16H2,1-3H3,(H,25,28). The number of nitrogens with zero attached hydrogens (tertiary/aromatic N) is 2. The number of aryl methyl sites for hydroxylation is 1. The van der Waals surface area contributed by atoms with Gasteiger partial charge in [-0.15, -0.1) is 0 Å². The van der Waals surface area contributed by atoms with Gasteiger partial charge in [-0.25, -0.2) is 8.42 Å². The summed E-state index contributed by atoms with van der Waals surface area (Å²) in [5.74, 6) is -0.465. The van der Waals surface area contributed by atoms with Crippen LogP contribution in [-0.2, 0) is 21.4 Å². The van der Waals surface area contributed by atoms with Crippen molar-refractivity contribution in [3.63, 3.8) is 0 Å². The molecule has 178 valence electrons. The molecule has 0 heterocycles. The van der Waals surface area contributed by atoms with Gasteiger partial charge in [-0.1, -0.05) is 42.5 Å². The maximum atomic E-state index is 13.6. The maximum Gasteiger partial charge on any atom is 0.274 e. The molecule has 3 aromatic rings. The smallest absolute Gasteiger partial charge is 0.274 e. The minimum Gasteiger partial charge on any atom is -0.495 e. The number of benzene rings is 3. The zero-order chi connectivity index (χ0) is 24.9. The highest BCUT2D eigenvalue weighted by atomic mass is 32.2. The summed E-state index contributed by atoms with van der Waals surface area (Å²) in [6.45, 7) is 2.72. The molecule has 9 nitrogen and oxygen atoms in total. The van der Waals surface area contributed by atoms with Crippen molar-refractivity contribution >= 4 is 27.3 Å². The molecule has 1 amide bonds. The molecule has 0 atom stereocenters. The quantitative estimate of drug-likeness (QED) is 0.362. The molecule has 0 unspecified atom stereocenters. The molecule has 10 heteroatoms. The Kier molecular flexibility index (Phi) is 7.64. The minimum absolute atomic E-state index is 0.0507.